The molecule has 1 rings (SSSR count). The van der Waals surface area contributed by atoms with Gasteiger partial charge >= 0.3 is 0 Å². The first-order valence-electron chi connectivity index (χ1n) is 19.4. The topological polar surface area (TPSA) is 107 Å². The first-order chi connectivity index (χ1) is 22.5. The molecule has 7 nitrogen and oxygen atoms in total. The number of carbonyl (C=O) groups excluding carboxylic acids is 4. The number of aliphatic hydroxyl groups excluding tert-OH is 1. The van der Waals surface area contributed by atoms with Crippen molar-refractivity contribution in [2.24, 2.45) is 5.92 Å². The first kappa shape index (κ1) is 42.6. The molecule has 1 N–H and O–H groups in total. The lowest BCUT2D eigenvalue weighted by Gasteiger charge is -2.30. The van der Waals surface area contributed by atoms with E-state index in [4.69, 9.17) is 9.47 Å². The average Bonchev–Trinajstić information content (AvgIpc) is 3.50. The van der Waals surface area contributed by atoms with Crippen LogP contribution in [-0.2, 0) is 28.7 Å². The summed E-state index contributed by atoms with van der Waals surface area (Å²) < 4.78 is 11.3. The number of aldehydes is 1. The van der Waals surface area contributed by atoms with Gasteiger partial charge in [-0.3, -0.25) is 14.4 Å². The van der Waals surface area contributed by atoms with E-state index in [1.54, 1.807) is 0 Å². The van der Waals surface area contributed by atoms with Crippen LogP contribution in [0.25, 0.3) is 0 Å². The van der Waals surface area contributed by atoms with Gasteiger partial charge in [0.25, 0.3) is 11.6 Å². The number of rotatable bonds is 34. The van der Waals surface area contributed by atoms with Crippen LogP contribution in [0, 0.1) is 5.92 Å². The van der Waals surface area contributed by atoms with E-state index in [-0.39, 0.29) is 19.4 Å². The summed E-state index contributed by atoms with van der Waals surface area (Å²) in [7, 11) is 0. The van der Waals surface area contributed by atoms with Crippen molar-refractivity contribution < 1.29 is 33.8 Å². The van der Waals surface area contributed by atoms with E-state index in [9.17, 15) is 24.3 Å². The molecule has 7 heteroatoms. The minimum atomic E-state index is -2.25. The summed E-state index contributed by atoms with van der Waals surface area (Å²) >= 11 is 0. The van der Waals surface area contributed by atoms with Crippen LogP contribution in [0.15, 0.2) is 0 Å². The molecule has 1 aliphatic heterocycles. The average molecular weight is 651 g/mol. The molecular formula is C39H70O7. The van der Waals surface area contributed by atoms with E-state index in [1.165, 1.54) is 116 Å². The summed E-state index contributed by atoms with van der Waals surface area (Å²) in [6.07, 6.45) is 30.3. The maximum Gasteiger partial charge on any atom is 0.258 e. The number of hydrogen-bond donors (Lipinski definition) is 1. The lowest BCUT2D eigenvalue weighted by Crippen LogP contribution is -2.54. The number of ketones is 3. The molecule has 0 spiro atoms. The van der Waals surface area contributed by atoms with Gasteiger partial charge in [-0.1, -0.05) is 168 Å². The summed E-state index contributed by atoms with van der Waals surface area (Å²) in [4.78, 5) is 51.7. The minimum absolute atomic E-state index is 0.0352. The molecule has 0 saturated carbocycles. The highest BCUT2D eigenvalue weighted by atomic mass is 16.8. The van der Waals surface area contributed by atoms with Crippen LogP contribution < -0.4 is 0 Å². The molecule has 0 bridgehead atoms. The highest BCUT2D eigenvalue weighted by Gasteiger charge is 2.58. The van der Waals surface area contributed by atoms with Gasteiger partial charge in [0.2, 0.25) is 5.78 Å². The van der Waals surface area contributed by atoms with Crippen LogP contribution in [0.3, 0.4) is 0 Å². The van der Waals surface area contributed by atoms with E-state index in [1.807, 2.05) is 0 Å². The Labute approximate surface area is 281 Å². The number of Topliss-reactive ketones (excluding diaryl/α,β-unsaturated/α-hetero) is 3. The molecule has 0 aromatic carbocycles. The zero-order valence-electron chi connectivity index (χ0n) is 29.8. The fourth-order valence-electron chi connectivity index (χ4n) is 6.51. The largest absolute Gasteiger partial charge is 0.394 e. The first-order valence-corrected chi connectivity index (χ1v) is 19.4. The Morgan fingerprint density at radius 3 is 1.35 bits per heavy atom. The Morgan fingerprint density at radius 2 is 1.00 bits per heavy atom. The lowest BCUT2D eigenvalue weighted by molar-refractivity contribution is -0.205. The molecule has 1 fully saturated rings. The highest BCUT2D eigenvalue weighted by Crippen LogP contribution is 2.34. The highest BCUT2D eigenvalue weighted by molar-refractivity contribution is 6.40. The van der Waals surface area contributed by atoms with Crippen LogP contribution >= 0.6 is 0 Å². The molecule has 0 radical (unpaired) electrons. The number of aliphatic hydroxyl groups is 1. The second kappa shape index (κ2) is 28.6. The third-order valence-electron chi connectivity index (χ3n) is 9.53. The van der Waals surface area contributed by atoms with Crippen molar-refractivity contribution in [3.63, 3.8) is 0 Å². The smallest absolute Gasteiger partial charge is 0.258 e. The molecule has 1 saturated heterocycles. The molecular weight excluding hydrogens is 580 g/mol. The van der Waals surface area contributed by atoms with Gasteiger partial charge in [0, 0.05) is 12.8 Å². The zero-order chi connectivity index (χ0) is 33.7. The van der Waals surface area contributed by atoms with E-state index in [0.29, 0.717) is 19.1 Å². The fraction of sp³-hybridized carbons (Fsp3) is 0.897. The normalized spacial score (nSPS) is 18.5. The van der Waals surface area contributed by atoms with Crippen LogP contribution in [0.1, 0.15) is 194 Å². The molecule has 3 atom stereocenters. The number of unbranched alkanes of at least 4 members (excludes halogenated alkanes) is 24. The Kier molecular flexibility index (Phi) is 26.4. The molecule has 1 heterocycles. The Hall–Kier alpha value is -1.44. The molecule has 268 valence electrons. The minimum Gasteiger partial charge on any atom is -0.394 e. The van der Waals surface area contributed by atoms with E-state index in [2.05, 4.69) is 13.8 Å². The van der Waals surface area contributed by atoms with Crippen molar-refractivity contribution >= 4 is 23.6 Å². The third-order valence-corrected chi connectivity index (χ3v) is 9.53. The molecule has 0 aliphatic carbocycles. The van der Waals surface area contributed by atoms with Crippen molar-refractivity contribution in [2.45, 2.75) is 206 Å². The predicted molar refractivity (Wildman–Crippen MR) is 186 cm³/mol. The Morgan fingerprint density at radius 1 is 0.630 bits per heavy atom. The second-order valence-electron chi connectivity index (χ2n) is 13.7. The van der Waals surface area contributed by atoms with Crippen LogP contribution in [0.4, 0.5) is 0 Å². The summed E-state index contributed by atoms with van der Waals surface area (Å²) in [5.74, 6) is -5.86. The van der Waals surface area contributed by atoms with E-state index >= 15 is 0 Å². The van der Waals surface area contributed by atoms with Crippen molar-refractivity contribution in [1.82, 2.24) is 0 Å². The van der Waals surface area contributed by atoms with Gasteiger partial charge < -0.3 is 19.4 Å². The van der Waals surface area contributed by atoms with Gasteiger partial charge in [0.1, 0.15) is 24.1 Å². The van der Waals surface area contributed by atoms with Crippen LogP contribution in [0.5, 0.6) is 0 Å². The number of hydrogen-bond acceptors (Lipinski definition) is 7. The Balaban J connectivity index is 2.37. The molecule has 46 heavy (non-hydrogen) atoms. The zero-order valence-corrected chi connectivity index (χ0v) is 29.8. The summed E-state index contributed by atoms with van der Waals surface area (Å²) in [5, 5.41) is 9.61. The predicted octanol–water partition coefficient (Wildman–Crippen LogP) is 9.58. The number of ether oxygens (including phenoxy) is 2. The molecule has 1 aliphatic rings. The summed E-state index contributed by atoms with van der Waals surface area (Å²) in [5.41, 5.74) is 0. The third kappa shape index (κ3) is 18.2. The summed E-state index contributed by atoms with van der Waals surface area (Å²) in [6.45, 7) is 3.90. The molecule has 0 aromatic rings. The van der Waals surface area contributed by atoms with Crippen LogP contribution in [-0.4, -0.2) is 53.8 Å². The van der Waals surface area contributed by atoms with Crippen molar-refractivity contribution in [1.29, 1.82) is 0 Å². The second-order valence-corrected chi connectivity index (χ2v) is 13.7. The van der Waals surface area contributed by atoms with E-state index in [0.717, 1.165) is 38.5 Å². The SMILES string of the molecule is CCCCCCCCCCCCCCCC(=O)C(=O)C1(C(C=O)C(=O)CCCCCCCCCCCCCCC)OCC(CO)O1. The fourth-order valence-corrected chi connectivity index (χ4v) is 6.51. The van der Waals surface area contributed by atoms with Gasteiger partial charge in [0.15, 0.2) is 0 Å². The number of carbonyl (C=O) groups is 4. The van der Waals surface area contributed by atoms with Crippen molar-refractivity contribution in [3.8, 4) is 0 Å². The maximum absolute atomic E-state index is 13.4. The monoisotopic (exact) mass is 651 g/mol. The molecule has 0 aromatic heterocycles. The van der Waals surface area contributed by atoms with Gasteiger partial charge in [-0.05, 0) is 12.8 Å². The molecule has 0 amide bonds. The standard InChI is InChI=1S/C39H70O7/c1-3-5-7-9-11-13-15-17-19-21-23-25-27-29-36(42)35(32-41)39(45-33-34(31-40)46-39)38(44)37(43)30-28-26-24-22-20-18-16-14-12-10-8-6-4-2/h32,34-35,40H,3-31,33H2,1-2H3. The van der Waals surface area contributed by atoms with Gasteiger partial charge in [-0.15, -0.1) is 0 Å². The van der Waals surface area contributed by atoms with Gasteiger partial charge in [-0.2, -0.15) is 0 Å². The van der Waals surface area contributed by atoms with E-state index < -0.39 is 41.8 Å². The quantitative estimate of drug-likeness (QED) is 0.0320. The molecule has 3 unspecified atom stereocenters. The van der Waals surface area contributed by atoms with Crippen molar-refractivity contribution in [2.75, 3.05) is 13.2 Å². The van der Waals surface area contributed by atoms with Gasteiger partial charge in [0.05, 0.1) is 13.2 Å². The summed E-state index contributed by atoms with van der Waals surface area (Å²) in [6, 6.07) is 0. The van der Waals surface area contributed by atoms with Gasteiger partial charge in [-0.25, -0.2) is 0 Å². The van der Waals surface area contributed by atoms with Crippen molar-refractivity contribution in [3.05, 3.63) is 0 Å². The lowest BCUT2D eigenvalue weighted by atomic mass is 9.86. The maximum atomic E-state index is 13.4. The Bertz CT molecular complexity index is 797. The van der Waals surface area contributed by atoms with Crippen LogP contribution in [0.2, 0.25) is 0 Å².